The van der Waals surface area contributed by atoms with Gasteiger partial charge in [-0.15, -0.1) is 0 Å². The summed E-state index contributed by atoms with van der Waals surface area (Å²) in [6.45, 7) is 2.70. The van der Waals surface area contributed by atoms with Crippen molar-refractivity contribution in [3.63, 3.8) is 0 Å². The van der Waals surface area contributed by atoms with E-state index < -0.39 is 0 Å². The van der Waals surface area contributed by atoms with Crippen molar-refractivity contribution in [3.8, 4) is 5.75 Å². The van der Waals surface area contributed by atoms with Gasteiger partial charge in [-0.3, -0.25) is 14.5 Å². The Labute approximate surface area is 119 Å². The van der Waals surface area contributed by atoms with Gasteiger partial charge in [-0.1, -0.05) is 6.92 Å². The fourth-order valence-corrected chi connectivity index (χ4v) is 1.99. The molecule has 100 valence electrons. The van der Waals surface area contributed by atoms with E-state index in [0.29, 0.717) is 23.7 Å². The largest absolute Gasteiger partial charge is 0.493 e. The fourth-order valence-electron chi connectivity index (χ4n) is 1.76. The average Bonchev–Trinajstić information content (AvgIpc) is 2.82. The molecule has 2 heterocycles. The third-order valence-electron chi connectivity index (χ3n) is 2.64. The van der Waals surface area contributed by atoms with Crippen LogP contribution in [0.5, 0.6) is 5.75 Å². The number of carbonyl (C=O) groups is 1. The van der Waals surface area contributed by atoms with Crippen LogP contribution in [-0.2, 0) is 6.54 Å². The number of methoxy groups -OCH3 is 1. The summed E-state index contributed by atoms with van der Waals surface area (Å²) in [5.41, 5.74) is 0.818. The molecule has 19 heavy (non-hydrogen) atoms. The Morgan fingerprint density at radius 1 is 1.42 bits per heavy atom. The van der Waals surface area contributed by atoms with E-state index in [1.165, 1.54) is 7.11 Å². The zero-order valence-electron chi connectivity index (χ0n) is 10.8. The second-order valence-corrected chi connectivity index (χ2v) is 4.89. The van der Waals surface area contributed by atoms with Gasteiger partial charge in [-0.25, -0.2) is 0 Å². The molecular formula is C13H14BrN3O2. The molecule has 0 spiro atoms. The van der Waals surface area contributed by atoms with E-state index >= 15 is 0 Å². The zero-order chi connectivity index (χ0) is 13.8. The normalized spacial score (nSPS) is 10.5. The quantitative estimate of drug-likeness (QED) is 0.794. The smallest absolute Gasteiger partial charge is 0.233 e. The predicted molar refractivity (Wildman–Crippen MR) is 74.4 cm³/mol. The predicted octanol–water partition coefficient (Wildman–Crippen LogP) is 2.69. The van der Waals surface area contributed by atoms with Gasteiger partial charge >= 0.3 is 0 Å². The lowest BCUT2D eigenvalue weighted by Gasteiger charge is -2.07. The Morgan fingerprint density at radius 3 is 2.79 bits per heavy atom. The topological polar surface area (TPSA) is 57.0 Å². The van der Waals surface area contributed by atoms with Gasteiger partial charge in [0, 0.05) is 17.2 Å². The second kappa shape index (κ2) is 5.97. The van der Waals surface area contributed by atoms with Crippen LogP contribution in [0, 0.1) is 0 Å². The second-order valence-electron chi connectivity index (χ2n) is 3.98. The summed E-state index contributed by atoms with van der Waals surface area (Å²) in [5.74, 6) is 0.290. The minimum atomic E-state index is -0.185. The van der Waals surface area contributed by atoms with Crippen molar-refractivity contribution in [2.24, 2.45) is 0 Å². The number of hydrogen-bond donors (Lipinski definition) is 0. The number of aromatic nitrogens is 3. The molecule has 2 rings (SSSR count). The van der Waals surface area contributed by atoms with Gasteiger partial charge in [0.15, 0.2) is 11.4 Å². The Kier molecular flexibility index (Phi) is 4.31. The van der Waals surface area contributed by atoms with Crippen molar-refractivity contribution in [1.29, 1.82) is 0 Å². The molecule has 0 aliphatic carbocycles. The van der Waals surface area contributed by atoms with Crippen LogP contribution in [0.4, 0.5) is 0 Å². The molecule has 2 aromatic heterocycles. The summed E-state index contributed by atoms with van der Waals surface area (Å²) in [5, 5.41) is 4.17. The van der Waals surface area contributed by atoms with Gasteiger partial charge in [0.1, 0.15) is 5.69 Å². The molecule has 0 aliphatic heterocycles. The minimum absolute atomic E-state index is 0.185. The highest BCUT2D eigenvalue weighted by atomic mass is 79.9. The lowest BCUT2D eigenvalue weighted by atomic mass is 10.2. The first-order chi connectivity index (χ1) is 9.17. The van der Waals surface area contributed by atoms with Crippen LogP contribution in [0.15, 0.2) is 29.0 Å². The van der Waals surface area contributed by atoms with Crippen LogP contribution in [-0.4, -0.2) is 27.7 Å². The van der Waals surface area contributed by atoms with Crippen molar-refractivity contribution in [1.82, 2.24) is 14.8 Å². The number of aryl methyl sites for hydroxylation is 1. The molecule has 6 heteroatoms. The van der Waals surface area contributed by atoms with Crippen LogP contribution in [0.25, 0.3) is 0 Å². The minimum Gasteiger partial charge on any atom is -0.493 e. The zero-order valence-corrected chi connectivity index (χ0v) is 12.3. The summed E-state index contributed by atoms with van der Waals surface area (Å²) >= 11 is 3.29. The third-order valence-corrected chi connectivity index (χ3v) is 3.11. The van der Waals surface area contributed by atoms with Crippen LogP contribution in [0.2, 0.25) is 0 Å². The molecule has 2 aromatic rings. The van der Waals surface area contributed by atoms with E-state index in [2.05, 4.69) is 26.0 Å². The number of rotatable bonds is 5. The van der Waals surface area contributed by atoms with Gasteiger partial charge < -0.3 is 4.74 Å². The highest BCUT2D eigenvalue weighted by molar-refractivity contribution is 9.10. The molecule has 0 N–H and O–H groups in total. The Morgan fingerprint density at radius 2 is 2.21 bits per heavy atom. The molecule has 0 fully saturated rings. The van der Waals surface area contributed by atoms with Gasteiger partial charge in [-0.05, 0) is 34.5 Å². The van der Waals surface area contributed by atoms with Gasteiger partial charge in [0.05, 0.1) is 13.3 Å². The van der Waals surface area contributed by atoms with Crippen molar-refractivity contribution in [2.45, 2.75) is 19.9 Å². The van der Waals surface area contributed by atoms with Crippen LogP contribution >= 0.6 is 15.9 Å². The summed E-state index contributed by atoms with van der Waals surface area (Å²) in [4.78, 5) is 16.6. The molecule has 0 amide bonds. The molecule has 0 saturated heterocycles. The van der Waals surface area contributed by atoms with E-state index in [9.17, 15) is 4.79 Å². The number of hydrogen-bond acceptors (Lipinski definition) is 4. The lowest BCUT2D eigenvalue weighted by molar-refractivity contribution is 0.102. The average molecular weight is 324 g/mol. The Balaban J connectivity index is 2.42. The van der Waals surface area contributed by atoms with Crippen LogP contribution < -0.4 is 4.74 Å². The van der Waals surface area contributed by atoms with Crippen molar-refractivity contribution in [3.05, 3.63) is 40.4 Å². The standard InChI is InChI=1S/C13H14BrN3O2/c1-3-6-17-12(11(19-2)8-16-17)13(18)10-5-4-9(14)7-15-10/h4-5,7-8H,3,6H2,1-2H3. The molecule has 0 saturated carbocycles. The van der Waals surface area contributed by atoms with Gasteiger partial charge in [0.2, 0.25) is 5.78 Å². The maximum absolute atomic E-state index is 12.5. The van der Waals surface area contributed by atoms with Crippen LogP contribution in [0.3, 0.4) is 0 Å². The van der Waals surface area contributed by atoms with Crippen molar-refractivity contribution in [2.75, 3.05) is 7.11 Å². The maximum Gasteiger partial charge on any atom is 0.233 e. The van der Waals surface area contributed by atoms with E-state index in [0.717, 1.165) is 10.9 Å². The highest BCUT2D eigenvalue weighted by Gasteiger charge is 2.21. The fraction of sp³-hybridized carbons (Fsp3) is 0.308. The summed E-state index contributed by atoms with van der Waals surface area (Å²) < 4.78 is 7.69. The van der Waals surface area contributed by atoms with E-state index in [4.69, 9.17) is 4.74 Å². The number of ketones is 1. The summed E-state index contributed by atoms with van der Waals surface area (Å²) in [7, 11) is 1.53. The van der Waals surface area contributed by atoms with E-state index in [1.807, 2.05) is 6.92 Å². The first kappa shape index (κ1) is 13.7. The highest BCUT2D eigenvalue weighted by Crippen LogP contribution is 2.21. The molecular weight excluding hydrogens is 310 g/mol. The number of ether oxygens (including phenoxy) is 1. The van der Waals surface area contributed by atoms with Gasteiger partial charge in [0.25, 0.3) is 0 Å². The number of pyridine rings is 1. The van der Waals surface area contributed by atoms with E-state index in [-0.39, 0.29) is 5.78 Å². The molecule has 0 bridgehead atoms. The Hall–Kier alpha value is -1.69. The SMILES string of the molecule is CCCn1ncc(OC)c1C(=O)c1ccc(Br)cn1. The first-order valence-electron chi connectivity index (χ1n) is 5.93. The monoisotopic (exact) mass is 323 g/mol. The molecule has 0 aliphatic rings. The first-order valence-corrected chi connectivity index (χ1v) is 6.72. The molecule has 0 aromatic carbocycles. The van der Waals surface area contributed by atoms with E-state index in [1.54, 1.807) is 29.2 Å². The Bertz CT molecular complexity index is 578. The number of halogens is 1. The molecule has 0 atom stereocenters. The summed E-state index contributed by atoms with van der Waals surface area (Å²) in [6, 6.07) is 3.46. The summed E-state index contributed by atoms with van der Waals surface area (Å²) in [6.07, 6.45) is 4.04. The third kappa shape index (κ3) is 2.84. The number of carbonyl (C=O) groups excluding carboxylic acids is 1. The lowest BCUT2D eigenvalue weighted by Crippen LogP contribution is -2.13. The number of nitrogens with zero attached hydrogens (tertiary/aromatic N) is 3. The maximum atomic E-state index is 12.5. The molecule has 0 radical (unpaired) electrons. The molecule has 5 nitrogen and oxygen atoms in total. The van der Waals surface area contributed by atoms with Crippen molar-refractivity contribution < 1.29 is 9.53 Å². The molecule has 0 unspecified atom stereocenters. The van der Waals surface area contributed by atoms with Gasteiger partial charge in [-0.2, -0.15) is 5.10 Å². The van der Waals surface area contributed by atoms with Crippen molar-refractivity contribution >= 4 is 21.7 Å². The van der Waals surface area contributed by atoms with Crippen LogP contribution in [0.1, 0.15) is 29.5 Å².